The van der Waals surface area contributed by atoms with Crippen molar-refractivity contribution in [3.05, 3.63) is 48.0 Å². The highest BCUT2D eigenvalue weighted by Gasteiger charge is 2.50. The predicted octanol–water partition coefficient (Wildman–Crippen LogP) is 6.50. The van der Waals surface area contributed by atoms with Gasteiger partial charge in [0.15, 0.2) is 8.32 Å². The summed E-state index contributed by atoms with van der Waals surface area (Å²) in [6.45, 7) is 14.3. The minimum absolute atomic E-state index is 0.000434. The van der Waals surface area contributed by atoms with Crippen LogP contribution in [0, 0.1) is 23.2 Å². The van der Waals surface area contributed by atoms with Gasteiger partial charge in [0, 0.05) is 38.2 Å². The van der Waals surface area contributed by atoms with E-state index in [0.717, 1.165) is 61.0 Å². The highest BCUT2D eigenvalue weighted by atomic mass is 28.4. The summed E-state index contributed by atoms with van der Waals surface area (Å²) >= 11 is 0. The van der Waals surface area contributed by atoms with Crippen molar-refractivity contribution in [2.45, 2.75) is 96.9 Å². The first-order valence-corrected chi connectivity index (χ1v) is 18.6. The molecule has 0 radical (unpaired) electrons. The number of pyridine rings is 1. The summed E-state index contributed by atoms with van der Waals surface area (Å²) in [5, 5.41) is 11.6. The van der Waals surface area contributed by atoms with E-state index in [-0.39, 0.29) is 10.9 Å². The van der Waals surface area contributed by atoms with Crippen LogP contribution in [0.15, 0.2) is 36.7 Å². The lowest BCUT2D eigenvalue weighted by molar-refractivity contribution is -0.0503. The molecule has 0 unspecified atom stereocenters. The number of aromatic nitrogens is 4. The monoisotopic (exact) mass is 576 g/mol. The second-order valence-corrected chi connectivity index (χ2v) is 19.6. The zero-order chi connectivity index (χ0) is 28.8. The van der Waals surface area contributed by atoms with Gasteiger partial charge >= 0.3 is 0 Å². The minimum atomic E-state index is -1.71. The van der Waals surface area contributed by atoms with Crippen LogP contribution in [-0.4, -0.2) is 46.5 Å². The number of carbonyl (C=O) groups is 1. The first-order valence-electron chi connectivity index (χ1n) is 15.7. The molecule has 4 bridgehead atoms. The fourth-order valence-electron chi connectivity index (χ4n) is 7.73. The molecule has 1 amide bonds. The molecular formula is C32H48N6O2Si. The smallest absolute Gasteiger partial charge is 0.268 e. The Morgan fingerprint density at radius 1 is 1.10 bits per heavy atom. The van der Waals surface area contributed by atoms with Crippen molar-refractivity contribution in [2.24, 2.45) is 23.2 Å². The number of aryl methyl sites for hydroxylation is 1. The van der Waals surface area contributed by atoms with Gasteiger partial charge in [0.2, 0.25) is 0 Å². The molecule has 9 heteroatoms. The first-order chi connectivity index (χ1) is 19.5. The molecule has 0 atom stereocenters. The van der Waals surface area contributed by atoms with Crippen molar-refractivity contribution in [3.8, 4) is 0 Å². The summed E-state index contributed by atoms with van der Waals surface area (Å²) in [5.41, 5.74) is 2.64. The van der Waals surface area contributed by atoms with Crippen LogP contribution in [-0.2, 0) is 17.5 Å². The molecule has 3 aromatic rings. The fraction of sp³-hybridized carbons (Fsp3) is 0.656. The number of amides is 1. The highest BCUT2D eigenvalue weighted by Crippen LogP contribution is 2.59. The Labute approximate surface area is 245 Å². The van der Waals surface area contributed by atoms with Gasteiger partial charge in [-0.3, -0.25) is 13.9 Å². The molecule has 3 heterocycles. The molecule has 0 aromatic carbocycles. The van der Waals surface area contributed by atoms with Crippen LogP contribution in [0.3, 0.4) is 0 Å². The number of rotatable bonds is 11. The molecule has 0 spiro atoms. The van der Waals surface area contributed by atoms with Crippen molar-refractivity contribution in [2.75, 3.05) is 18.5 Å². The Bertz CT molecular complexity index is 1350. The Morgan fingerprint density at radius 3 is 2.49 bits per heavy atom. The number of fused-ring (bicyclic) bond motifs is 1. The van der Waals surface area contributed by atoms with E-state index in [1.165, 1.54) is 38.5 Å². The lowest BCUT2D eigenvalue weighted by Crippen LogP contribution is -2.51. The largest absolute Gasteiger partial charge is 0.417 e. The number of hydrogen-bond donors (Lipinski definition) is 2. The van der Waals surface area contributed by atoms with Crippen molar-refractivity contribution in [1.29, 1.82) is 0 Å². The summed E-state index contributed by atoms with van der Waals surface area (Å²) in [6.07, 6.45) is 13.1. The minimum Gasteiger partial charge on any atom is -0.417 e. The zero-order valence-corrected chi connectivity index (χ0v) is 26.6. The van der Waals surface area contributed by atoms with Gasteiger partial charge in [-0.25, -0.2) is 4.98 Å². The van der Waals surface area contributed by atoms with Crippen molar-refractivity contribution < 1.29 is 9.22 Å². The molecule has 222 valence electrons. The lowest BCUT2D eigenvalue weighted by atomic mass is 9.49. The number of hydrogen-bond acceptors (Lipinski definition) is 5. The van der Waals surface area contributed by atoms with E-state index in [9.17, 15) is 4.79 Å². The van der Waals surface area contributed by atoms with Crippen LogP contribution in [0.4, 0.5) is 5.82 Å². The maximum absolute atomic E-state index is 13.4. The normalized spacial score (nSPS) is 25.6. The Hall–Kier alpha value is -2.65. The third kappa shape index (κ3) is 6.12. The van der Waals surface area contributed by atoms with Gasteiger partial charge < -0.3 is 15.1 Å². The van der Waals surface area contributed by atoms with E-state index in [1.807, 2.05) is 45.7 Å². The predicted molar refractivity (Wildman–Crippen MR) is 165 cm³/mol. The van der Waals surface area contributed by atoms with Crippen molar-refractivity contribution in [1.82, 2.24) is 24.5 Å². The molecule has 41 heavy (non-hydrogen) atoms. The Kier molecular flexibility index (Phi) is 7.55. The quantitative estimate of drug-likeness (QED) is 0.201. The van der Waals surface area contributed by atoms with Crippen LogP contribution < -0.4 is 10.6 Å². The van der Waals surface area contributed by atoms with Crippen LogP contribution in [0.5, 0.6) is 0 Å². The second kappa shape index (κ2) is 10.9. The topological polar surface area (TPSA) is 85.5 Å². The molecule has 4 aliphatic rings. The van der Waals surface area contributed by atoms with E-state index < -0.39 is 8.32 Å². The standard InChI is InChI=1S/C32H48N6O2Si/c1-31(2,3)41(4,5)40-13-7-11-37-12-10-28(36-37)33-20-26-21-38-27(8-6-9-29(38)35-26)30(39)34-22-32-17-23-14-24(18-32)16-25(15-23)19-32/h6,8-10,12,21,23-25H,7,11,13-20,22H2,1-5H3,(H,33,36)(H,34,39). The second-order valence-electron chi connectivity index (χ2n) is 14.8. The summed E-state index contributed by atoms with van der Waals surface area (Å²) in [6, 6.07) is 7.78. The molecule has 7 rings (SSSR count). The summed E-state index contributed by atoms with van der Waals surface area (Å²) in [7, 11) is -1.71. The van der Waals surface area contributed by atoms with E-state index in [2.05, 4.69) is 49.6 Å². The van der Waals surface area contributed by atoms with Gasteiger partial charge in [0.25, 0.3) is 5.91 Å². The molecule has 4 fully saturated rings. The van der Waals surface area contributed by atoms with Crippen LogP contribution >= 0.6 is 0 Å². The molecule has 4 aliphatic carbocycles. The molecule has 0 aliphatic heterocycles. The van der Waals surface area contributed by atoms with Gasteiger partial charge in [0.1, 0.15) is 17.2 Å². The molecule has 0 saturated heterocycles. The number of imidazole rings is 1. The van der Waals surface area contributed by atoms with E-state index in [0.29, 0.717) is 17.7 Å². The Morgan fingerprint density at radius 2 is 1.80 bits per heavy atom. The average molecular weight is 577 g/mol. The third-order valence-corrected chi connectivity index (χ3v) is 15.0. The number of nitrogens with zero attached hydrogens (tertiary/aromatic N) is 4. The van der Waals surface area contributed by atoms with Gasteiger partial charge in [-0.05, 0) is 98.4 Å². The molecule has 2 N–H and O–H groups in total. The van der Waals surface area contributed by atoms with Gasteiger partial charge in [-0.1, -0.05) is 26.8 Å². The average Bonchev–Trinajstić information content (AvgIpc) is 3.53. The summed E-state index contributed by atoms with van der Waals surface area (Å²) in [5.74, 6) is 3.48. The fourth-order valence-corrected chi connectivity index (χ4v) is 8.82. The SMILES string of the molecule is CC(C)(C)[Si](C)(C)OCCCn1ccc(NCc2cn3c(C(=O)NCC45CC6CC(CC(C6)C4)C5)cccc3n2)n1. The van der Waals surface area contributed by atoms with Crippen LogP contribution in [0.1, 0.15) is 81.9 Å². The van der Waals surface area contributed by atoms with E-state index in [4.69, 9.17) is 9.41 Å². The maximum Gasteiger partial charge on any atom is 0.268 e. The van der Waals surface area contributed by atoms with Crippen molar-refractivity contribution >= 4 is 25.7 Å². The first kappa shape index (κ1) is 28.5. The number of carbonyl (C=O) groups excluding carboxylic acids is 1. The van der Waals surface area contributed by atoms with E-state index >= 15 is 0 Å². The maximum atomic E-state index is 13.4. The summed E-state index contributed by atoms with van der Waals surface area (Å²) < 4.78 is 10.2. The van der Waals surface area contributed by atoms with Gasteiger partial charge in [-0.15, -0.1) is 0 Å². The molecule has 8 nitrogen and oxygen atoms in total. The molecule has 3 aromatic heterocycles. The van der Waals surface area contributed by atoms with Crippen LogP contribution in [0.2, 0.25) is 18.1 Å². The lowest BCUT2D eigenvalue weighted by Gasteiger charge is -2.56. The molecular weight excluding hydrogens is 528 g/mol. The molecule has 4 saturated carbocycles. The third-order valence-electron chi connectivity index (χ3n) is 10.5. The number of anilines is 1. The van der Waals surface area contributed by atoms with Crippen molar-refractivity contribution in [3.63, 3.8) is 0 Å². The van der Waals surface area contributed by atoms with Crippen LogP contribution in [0.25, 0.3) is 5.65 Å². The van der Waals surface area contributed by atoms with Gasteiger partial charge in [0.05, 0.1) is 12.2 Å². The van der Waals surface area contributed by atoms with Gasteiger partial charge in [-0.2, -0.15) is 5.10 Å². The van der Waals surface area contributed by atoms with E-state index in [1.54, 1.807) is 0 Å². The Balaban J connectivity index is 1.02. The number of nitrogens with one attached hydrogen (secondary N) is 2. The zero-order valence-electron chi connectivity index (χ0n) is 25.6. The highest BCUT2D eigenvalue weighted by molar-refractivity contribution is 6.74. The summed E-state index contributed by atoms with van der Waals surface area (Å²) in [4.78, 5) is 18.1.